The first kappa shape index (κ1) is 19.3. The number of hydrogen-bond donors (Lipinski definition) is 2. The highest BCUT2D eigenvalue weighted by atomic mass is 127. The quantitative estimate of drug-likeness (QED) is 0.322. The number of guanidine groups is 1. The van der Waals surface area contributed by atoms with E-state index in [2.05, 4.69) is 28.5 Å². The molecule has 0 amide bonds. The molecule has 0 saturated carbocycles. The maximum absolute atomic E-state index is 5.86. The predicted octanol–water partition coefficient (Wildman–Crippen LogP) is 3.66. The number of rotatable bonds is 6. The number of halogens is 1. The van der Waals surface area contributed by atoms with Crippen LogP contribution in [0.4, 0.5) is 0 Å². The summed E-state index contributed by atoms with van der Waals surface area (Å²) in [5.41, 5.74) is 7.98. The van der Waals surface area contributed by atoms with Crippen LogP contribution in [-0.2, 0) is 0 Å². The van der Waals surface area contributed by atoms with Gasteiger partial charge in [-0.3, -0.25) is 0 Å². The van der Waals surface area contributed by atoms with E-state index in [1.54, 1.807) is 0 Å². The molecule has 0 saturated heterocycles. The Morgan fingerprint density at radius 1 is 1.09 bits per heavy atom. The molecule has 2 aromatic carbocycles. The first-order valence-corrected chi connectivity index (χ1v) is 7.50. The van der Waals surface area contributed by atoms with Gasteiger partial charge in [0, 0.05) is 11.6 Å². The van der Waals surface area contributed by atoms with Gasteiger partial charge in [-0.1, -0.05) is 48.5 Å². The molecule has 0 aliphatic rings. The van der Waals surface area contributed by atoms with Crippen molar-refractivity contribution in [3.63, 3.8) is 0 Å². The van der Waals surface area contributed by atoms with Crippen LogP contribution < -0.4 is 15.8 Å². The molecule has 0 bridgehead atoms. The lowest BCUT2D eigenvalue weighted by Gasteiger charge is -2.11. The van der Waals surface area contributed by atoms with Gasteiger partial charge in [0.15, 0.2) is 5.96 Å². The number of nitrogens with two attached hydrogens (primary N) is 1. The van der Waals surface area contributed by atoms with Gasteiger partial charge in [-0.05, 0) is 25.5 Å². The summed E-state index contributed by atoms with van der Waals surface area (Å²) in [7, 11) is 0. The molecule has 2 aromatic rings. The van der Waals surface area contributed by atoms with Gasteiger partial charge in [0.1, 0.15) is 12.4 Å². The van der Waals surface area contributed by atoms with Gasteiger partial charge in [-0.2, -0.15) is 0 Å². The van der Waals surface area contributed by atoms with Gasteiger partial charge >= 0.3 is 0 Å². The van der Waals surface area contributed by atoms with E-state index in [1.807, 2.05) is 50.2 Å². The van der Waals surface area contributed by atoms with Gasteiger partial charge in [-0.25, -0.2) is 4.99 Å². The monoisotopic (exact) mass is 425 g/mol. The molecule has 3 N–H and O–H groups in total. The Kier molecular flexibility index (Phi) is 8.47. The van der Waals surface area contributed by atoms with E-state index in [0.717, 1.165) is 16.9 Å². The number of hydrogen-bond acceptors (Lipinski definition) is 2. The highest BCUT2D eigenvalue weighted by Gasteiger charge is 2.04. The molecular weight excluding hydrogens is 401 g/mol. The molecule has 0 fully saturated rings. The molecule has 0 aromatic heterocycles. The van der Waals surface area contributed by atoms with Crippen LogP contribution in [-0.4, -0.2) is 25.2 Å². The number of aliphatic imine (C=N–C) groups is 1. The average Bonchev–Trinajstić information content (AvgIpc) is 2.52. The predicted molar refractivity (Wildman–Crippen MR) is 108 cm³/mol. The summed E-state index contributed by atoms with van der Waals surface area (Å²) in [6.07, 6.45) is 0. The molecule has 0 atom stereocenters. The Morgan fingerprint density at radius 2 is 1.74 bits per heavy atom. The van der Waals surface area contributed by atoms with Crippen LogP contribution in [0.15, 0.2) is 59.6 Å². The first-order chi connectivity index (χ1) is 10.7. The van der Waals surface area contributed by atoms with Gasteiger partial charge < -0.3 is 15.8 Å². The summed E-state index contributed by atoms with van der Waals surface area (Å²) in [5.74, 6) is 1.31. The van der Waals surface area contributed by atoms with Crippen molar-refractivity contribution >= 4 is 29.9 Å². The van der Waals surface area contributed by atoms with Crippen molar-refractivity contribution in [2.45, 2.75) is 19.9 Å². The number of benzene rings is 2. The molecule has 0 unspecified atom stereocenters. The fraction of sp³-hybridized carbons (Fsp3) is 0.278. The lowest BCUT2D eigenvalue weighted by atomic mass is 10.1. The summed E-state index contributed by atoms with van der Waals surface area (Å²) in [5, 5.41) is 3.05. The van der Waals surface area contributed by atoms with Crippen LogP contribution in [0.5, 0.6) is 5.75 Å². The summed E-state index contributed by atoms with van der Waals surface area (Å²) in [4.78, 5) is 4.24. The van der Waals surface area contributed by atoms with E-state index in [1.165, 1.54) is 0 Å². The van der Waals surface area contributed by atoms with Crippen LogP contribution in [0, 0.1) is 0 Å². The second kappa shape index (κ2) is 10.1. The zero-order chi connectivity index (χ0) is 15.8. The molecule has 0 spiro atoms. The minimum absolute atomic E-state index is 0. The van der Waals surface area contributed by atoms with Gasteiger partial charge in [0.2, 0.25) is 0 Å². The number of ether oxygens (including phenoxy) is 1. The second-order valence-corrected chi connectivity index (χ2v) is 5.28. The van der Waals surface area contributed by atoms with Crippen molar-refractivity contribution in [2.75, 3.05) is 13.2 Å². The van der Waals surface area contributed by atoms with E-state index in [4.69, 9.17) is 10.5 Å². The largest absolute Gasteiger partial charge is 0.491 e. The third-order valence-electron chi connectivity index (χ3n) is 3.04. The SMILES string of the molecule is CC(C)NC(N)=NCCOc1ccccc1-c1ccccc1.I. The second-order valence-electron chi connectivity index (χ2n) is 5.28. The van der Waals surface area contributed by atoms with Gasteiger partial charge in [0.05, 0.1) is 6.54 Å². The summed E-state index contributed by atoms with van der Waals surface area (Å²) in [6, 6.07) is 18.5. The van der Waals surface area contributed by atoms with E-state index in [-0.39, 0.29) is 30.0 Å². The number of para-hydroxylation sites is 1. The molecule has 0 radical (unpaired) electrons. The smallest absolute Gasteiger partial charge is 0.188 e. The molecular formula is C18H24IN3O. The molecule has 23 heavy (non-hydrogen) atoms. The summed E-state index contributed by atoms with van der Waals surface area (Å²) < 4.78 is 5.86. The fourth-order valence-corrected chi connectivity index (χ4v) is 2.11. The molecule has 5 heteroatoms. The lowest BCUT2D eigenvalue weighted by Crippen LogP contribution is -2.37. The van der Waals surface area contributed by atoms with Crippen molar-refractivity contribution in [2.24, 2.45) is 10.7 Å². The van der Waals surface area contributed by atoms with Crippen molar-refractivity contribution in [3.05, 3.63) is 54.6 Å². The Morgan fingerprint density at radius 3 is 2.43 bits per heavy atom. The zero-order valence-corrected chi connectivity index (χ0v) is 15.9. The normalized spacial score (nSPS) is 11.0. The summed E-state index contributed by atoms with van der Waals surface area (Å²) >= 11 is 0. The minimum atomic E-state index is 0. The van der Waals surface area contributed by atoms with E-state index in [0.29, 0.717) is 19.1 Å². The van der Waals surface area contributed by atoms with E-state index < -0.39 is 0 Å². The van der Waals surface area contributed by atoms with Crippen LogP contribution in [0.3, 0.4) is 0 Å². The van der Waals surface area contributed by atoms with Crippen LogP contribution >= 0.6 is 24.0 Å². The Labute approximate surface area is 155 Å². The standard InChI is InChI=1S/C18H23N3O.HI/c1-14(2)21-18(19)20-12-13-22-17-11-7-6-10-16(17)15-8-4-3-5-9-15;/h3-11,14H,12-13H2,1-2H3,(H3,19,20,21);1H. The molecule has 0 heterocycles. The Bertz CT molecular complexity index is 615. The third-order valence-corrected chi connectivity index (χ3v) is 3.04. The zero-order valence-electron chi connectivity index (χ0n) is 13.5. The maximum atomic E-state index is 5.86. The molecule has 124 valence electrons. The van der Waals surface area contributed by atoms with Crippen molar-refractivity contribution in [1.29, 1.82) is 0 Å². The molecule has 4 nitrogen and oxygen atoms in total. The third kappa shape index (κ3) is 6.48. The van der Waals surface area contributed by atoms with Gasteiger partial charge in [-0.15, -0.1) is 24.0 Å². The van der Waals surface area contributed by atoms with Crippen molar-refractivity contribution in [1.82, 2.24) is 5.32 Å². The number of nitrogens with zero attached hydrogens (tertiary/aromatic N) is 1. The van der Waals surface area contributed by atoms with E-state index in [9.17, 15) is 0 Å². The average molecular weight is 425 g/mol. The fourth-order valence-electron chi connectivity index (χ4n) is 2.11. The van der Waals surface area contributed by atoms with Crippen LogP contribution in [0.25, 0.3) is 11.1 Å². The highest BCUT2D eigenvalue weighted by Crippen LogP contribution is 2.29. The molecule has 2 rings (SSSR count). The van der Waals surface area contributed by atoms with Gasteiger partial charge in [0.25, 0.3) is 0 Å². The minimum Gasteiger partial charge on any atom is -0.491 e. The number of nitrogens with one attached hydrogen (secondary N) is 1. The topological polar surface area (TPSA) is 59.6 Å². The Hall–Kier alpha value is -1.76. The summed E-state index contributed by atoms with van der Waals surface area (Å²) in [6.45, 7) is 5.06. The first-order valence-electron chi connectivity index (χ1n) is 7.50. The van der Waals surface area contributed by atoms with Crippen LogP contribution in [0.2, 0.25) is 0 Å². The van der Waals surface area contributed by atoms with Crippen molar-refractivity contribution < 1.29 is 4.74 Å². The molecule has 0 aliphatic carbocycles. The van der Waals surface area contributed by atoms with E-state index >= 15 is 0 Å². The lowest BCUT2D eigenvalue weighted by molar-refractivity contribution is 0.330. The maximum Gasteiger partial charge on any atom is 0.188 e. The molecule has 0 aliphatic heterocycles. The highest BCUT2D eigenvalue weighted by molar-refractivity contribution is 14.0. The van der Waals surface area contributed by atoms with Crippen LogP contribution in [0.1, 0.15) is 13.8 Å². The Balaban J connectivity index is 0.00000264. The van der Waals surface area contributed by atoms with Crippen molar-refractivity contribution in [3.8, 4) is 16.9 Å².